The summed E-state index contributed by atoms with van der Waals surface area (Å²) < 4.78 is 0. The molecule has 1 aromatic heterocycles. The van der Waals surface area contributed by atoms with Crippen LogP contribution in [0.15, 0.2) is 17.4 Å². The maximum atomic E-state index is 11.7. The third kappa shape index (κ3) is 3.00. The molecule has 0 aromatic carbocycles. The number of rotatable bonds is 4. The number of hydrogen-bond donors (Lipinski definition) is 2. The smallest absolute Gasteiger partial charge is 0.267 e. The molecule has 6 heteroatoms. The number of carbonyl (C=O) groups excluding carboxylic acids is 1. The lowest BCUT2D eigenvalue weighted by molar-refractivity contribution is 0.0751. The van der Waals surface area contributed by atoms with Gasteiger partial charge >= 0.3 is 0 Å². The minimum Gasteiger partial charge on any atom is -0.390 e. The molecule has 2 N–H and O–H groups in total. The van der Waals surface area contributed by atoms with Gasteiger partial charge in [0.25, 0.3) is 5.91 Å². The van der Waals surface area contributed by atoms with E-state index < -0.39 is 0 Å². The number of carbonyl (C=O) groups is 1. The average Bonchev–Trinajstić information content (AvgIpc) is 2.94. The van der Waals surface area contributed by atoms with E-state index in [1.807, 2.05) is 6.92 Å². The van der Waals surface area contributed by atoms with Crippen LogP contribution in [0.1, 0.15) is 30.3 Å². The third-order valence-corrected chi connectivity index (χ3v) is 2.80. The zero-order chi connectivity index (χ0) is 12.3. The molecule has 1 amide bonds. The Bertz CT molecular complexity index is 442. The van der Waals surface area contributed by atoms with Crippen molar-refractivity contribution in [3.8, 4) is 0 Å². The van der Waals surface area contributed by atoms with Gasteiger partial charge in [-0.25, -0.2) is 0 Å². The largest absolute Gasteiger partial charge is 0.390 e. The van der Waals surface area contributed by atoms with Crippen LogP contribution in [0.2, 0.25) is 5.02 Å². The highest BCUT2D eigenvalue weighted by atomic mass is 35.5. The Labute approximate surface area is 104 Å². The van der Waals surface area contributed by atoms with E-state index in [-0.39, 0.29) is 12.0 Å². The highest BCUT2D eigenvalue weighted by Crippen LogP contribution is 2.12. The second kappa shape index (κ2) is 5.23. The zero-order valence-electron chi connectivity index (χ0n) is 9.50. The van der Waals surface area contributed by atoms with Crippen molar-refractivity contribution in [1.82, 2.24) is 10.3 Å². The van der Waals surface area contributed by atoms with Gasteiger partial charge in [-0.3, -0.25) is 4.79 Å². The van der Waals surface area contributed by atoms with Gasteiger partial charge in [-0.15, -0.1) is 0 Å². The summed E-state index contributed by atoms with van der Waals surface area (Å²) in [4.78, 5) is 19.6. The molecule has 2 heterocycles. The summed E-state index contributed by atoms with van der Waals surface area (Å²) in [5.41, 5.74) is 1.48. The van der Waals surface area contributed by atoms with E-state index in [0.29, 0.717) is 17.3 Å². The van der Waals surface area contributed by atoms with Crippen molar-refractivity contribution in [3.05, 3.63) is 23.0 Å². The fourth-order valence-corrected chi connectivity index (χ4v) is 1.77. The molecule has 1 aromatic rings. The molecule has 0 spiro atoms. The van der Waals surface area contributed by atoms with E-state index in [9.17, 15) is 4.79 Å². The first kappa shape index (κ1) is 12.0. The standard InChI is InChI=1S/C11H14ClN3O2/c1-2-8-4-9(17-15-8)6-14-11(16)10-3-7(12)5-13-10/h3,5,9,13H,2,4,6H2,1H3,(H,14,16)/t9-/m1/s1. The molecule has 1 aliphatic rings. The van der Waals surface area contributed by atoms with Gasteiger partial charge in [-0.1, -0.05) is 23.7 Å². The molecule has 2 rings (SSSR count). The van der Waals surface area contributed by atoms with Gasteiger partial charge in [0, 0.05) is 12.6 Å². The molecular weight excluding hydrogens is 242 g/mol. The van der Waals surface area contributed by atoms with E-state index in [2.05, 4.69) is 15.5 Å². The first-order valence-corrected chi connectivity index (χ1v) is 5.90. The molecular formula is C11H14ClN3O2. The van der Waals surface area contributed by atoms with Crippen LogP contribution < -0.4 is 5.32 Å². The quantitative estimate of drug-likeness (QED) is 0.864. The lowest BCUT2D eigenvalue weighted by Crippen LogP contribution is -2.32. The van der Waals surface area contributed by atoms with Crippen molar-refractivity contribution in [2.24, 2.45) is 5.16 Å². The first-order chi connectivity index (χ1) is 8.19. The monoisotopic (exact) mass is 255 g/mol. The highest BCUT2D eigenvalue weighted by Gasteiger charge is 2.20. The maximum Gasteiger partial charge on any atom is 0.267 e. The van der Waals surface area contributed by atoms with Crippen molar-refractivity contribution in [3.63, 3.8) is 0 Å². The van der Waals surface area contributed by atoms with Gasteiger partial charge in [0.1, 0.15) is 11.8 Å². The van der Waals surface area contributed by atoms with Crippen molar-refractivity contribution in [1.29, 1.82) is 0 Å². The molecule has 1 aliphatic heterocycles. The summed E-state index contributed by atoms with van der Waals surface area (Å²) in [6.07, 6.45) is 3.18. The molecule has 0 saturated heterocycles. The number of nitrogens with zero attached hydrogens (tertiary/aromatic N) is 1. The summed E-state index contributed by atoms with van der Waals surface area (Å²) in [6.45, 7) is 2.48. The SMILES string of the molecule is CCC1=NO[C@@H](CNC(=O)c2cc(Cl)c[nH]2)C1. The molecule has 0 unspecified atom stereocenters. The predicted octanol–water partition coefficient (Wildman–Crippen LogP) is 1.95. The number of aromatic amines is 1. The summed E-state index contributed by atoms with van der Waals surface area (Å²) >= 11 is 5.72. The molecule has 0 saturated carbocycles. The van der Waals surface area contributed by atoms with Gasteiger partial charge in [0.15, 0.2) is 0 Å². The van der Waals surface area contributed by atoms with Gasteiger partial charge in [-0.05, 0) is 12.5 Å². The van der Waals surface area contributed by atoms with Crippen LogP contribution in [0.3, 0.4) is 0 Å². The Kier molecular flexibility index (Phi) is 3.68. The molecule has 17 heavy (non-hydrogen) atoms. The van der Waals surface area contributed by atoms with Crippen molar-refractivity contribution in [2.75, 3.05) is 6.54 Å². The van der Waals surface area contributed by atoms with Crippen LogP contribution in [-0.4, -0.2) is 29.3 Å². The maximum absolute atomic E-state index is 11.7. The predicted molar refractivity (Wildman–Crippen MR) is 65.4 cm³/mol. The van der Waals surface area contributed by atoms with Crippen LogP contribution in [0, 0.1) is 0 Å². The lowest BCUT2D eigenvalue weighted by Gasteiger charge is -2.08. The number of halogens is 1. The molecule has 92 valence electrons. The van der Waals surface area contributed by atoms with E-state index in [1.165, 1.54) is 0 Å². The molecule has 5 nitrogen and oxygen atoms in total. The third-order valence-electron chi connectivity index (χ3n) is 2.58. The highest BCUT2D eigenvalue weighted by molar-refractivity contribution is 6.30. The number of nitrogens with one attached hydrogen (secondary N) is 2. The fraction of sp³-hybridized carbons (Fsp3) is 0.455. The van der Waals surface area contributed by atoms with Crippen LogP contribution in [0.5, 0.6) is 0 Å². The average molecular weight is 256 g/mol. The van der Waals surface area contributed by atoms with Gasteiger partial charge in [0.05, 0.1) is 17.3 Å². The van der Waals surface area contributed by atoms with Gasteiger partial charge < -0.3 is 15.1 Å². The molecule has 0 bridgehead atoms. The Morgan fingerprint density at radius 2 is 2.59 bits per heavy atom. The van der Waals surface area contributed by atoms with Crippen molar-refractivity contribution < 1.29 is 9.63 Å². The van der Waals surface area contributed by atoms with Gasteiger partial charge in [0.2, 0.25) is 0 Å². The molecule has 1 atom stereocenters. The fourth-order valence-electron chi connectivity index (χ4n) is 1.61. The first-order valence-electron chi connectivity index (χ1n) is 5.52. The van der Waals surface area contributed by atoms with Crippen LogP contribution in [0.25, 0.3) is 0 Å². The van der Waals surface area contributed by atoms with Crippen LogP contribution in [0.4, 0.5) is 0 Å². The topological polar surface area (TPSA) is 66.5 Å². The van der Waals surface area contributed by atoms with Crippen molar-refractivity contribution >= 4 is 23.2 Å². The number of aromatic nitrogens is 1. The number of H-pyrrole nitrogens is 1. The Hall–Kier alpha value is -1.49. The summed E-state index contributed by atoms with van der Waals surface area (Å²) in [5, 5.41) is 7.22. The lowest BCUT2D eigenvalue weighted by atomic mass is 10.1. The molecule has 0 fully saturated rings. The minimum absolute atomic E-state index is 0.0562. The van der Waals surface area contributed by atoms with E-state index in [0.717, 1.165) is 18.6 Å². The van der Waals surface area contributed by atoms with E-state index in [4.69, 9.17) is 16.4 Å². The number of amides is 1. The van der Waals surface area contributed by atoms with Crippen LogP contribution in [-0.2, 0) is 4.84 Å². The van der Waals surface area contributed by atoms with E-state index >= 15 is 0 Å². The zero-order valence-corrected chi connectivity index (χ0v) is 10.3. The second-order valence-corrected chi connectivity index (χ2v) is 4.32. The molecule has 0 radical (unpaired) electrons. The van der Waals surface area contributed by atoms with Gasteiger partial charge in [-0.2, -0.15) is 0 Å². The number of oxime groups is 1. The molecule has 0 aliphatic carbocycles. The second-order valence-electron chi connectivity index (χ2n) is 3.88. The summed E-state index contributed by atoms with van der Waals surface area (Å²) in [7, 11) is 0. The summed E-state index contributed by atoms with van der Waals surface area (Å²) in [5.74, 6) is -0.189. The van der Waals surface area contributed by atoms with Crippen LogP contribution >= 0.6 is 11.6 Å². The van der Waals surface area contributed by atoms with Crippen molar-refractivity contribution in [2.45, 2.75) is 25.9 Å². The Morgan fingerprint density at radius 1 is 1.76 bits per heavy atom. The number of hydrogen-bond acceptors (Lipinski definition) is 3. The normalized spacial score (nSPS) is 18.7. The minimum atomic E-state index is -0.189. The summed E-state index contributed by atoms with van der Waals surface area (Å²) in [6, 6.07) is 1.58. The van der Waals surface area contributed by atoms with E-state index in [1.54, 1.807) is 12.3 Å². The Morgan fingerprint density at radius 3 is 3.18 bits per heavy atom. The Balaban J connectivity index is 1.78.